The molecular weight excluding hydrogens is 218 g/mol. The first-order valence-corrected chi connectivity index (χ1v) is 3.68. The maximum atomic E-state index is 10.3. The largest absolute Gasteiger partial charge is 0.481 e. The normalized spacial score (nSPS) is 10.7. The van der Waals surface area contributed by atoms with E-state index < -0.39 is 18.9 Å². The number of carboxylic acid groups (broad SMARTS) is 1. The van der Waals surface area contributed by atoms with Crippen molar-refractivity contribution in [3.05, 3.63) is 0 Å². The summed E-state index contributed by atoms with van der Waals surface area (Å²) in [6.45, 7) is 1.92. The van der Waals surface area contributed by atoms with Crippen molar-refractivity contribution in [3.63, 3.8) is 0 Å². The molecule has 0 amide bonds. The van der Waals surface area contributed by atoms with Crippen LogP contribution in [0.2, 0.25) is 5.82 Å². The van der Waals surface area contributed by atoms with Crippen molar-refractivity contribution in [2.75, 3.05) is 0 Å². The number of unbranched alkanes of at least 4 members (excludes halogenated alkanes) is 1. The molecule has 4 nitrogen and oxygen atoms in total. The highest BCUT2D eigenvalue weighted by atomic mass is 35.5. The fourth-order valence-electron chi connectivity index (χ4n) is 0.824. The Kier molecular flexibility index (Phi) is 14.6. The first kappa shape index (κ1) is 18.7. The van der Waals surface area contributed by atoms with Gasteiger partial charge in [0.2, 0.25) is 0 Å². The molecule has 0 saturated heterocycles. The van der Waals surface area contributed by atoms with Crippen molar-refractivity contribution in [2.24, 2.45) is 0 Å². The van der Waals surface area contributed by atoms with Gasteiger partial charge >= 0.3 is 13.1 Å². The molecule has 0 aromatic heterocycles. The molecule has 0 rings (SSSR count). The Bertz CT molecular complexity index is 134. The van der Waals surface area contributed by atoms with Crippen molar-refractivity contribution in [1.82, 2.24) is 0 Å². The Balaban J connectivity index is -0.000000500. The number of hydrogen-bond donors (Lipinski definition) is 3. The monoisotopic (exact) mass is 232 g/mol. The highest BCUT2D eigenvalue weighted by Gasteiger charge is 2.29. The zero-order valence-corrected chi connectivity index (χ0v) is 8.98. The van der Waals surface area contributed by atoms with E-state index in [0.29, 0.717) is 12.8 Å². The molecule has 0 fully saturated rings. The Morgan fingerprint density at radius 1 is 1.38 bits per heavy atom. The SMILES string of the molecule is CCCCC(B(O)O)C(=O)O.Cl.Cl. The minimum Gasteiger partial charge on any atom is -0.481 e. The molecule has 1 atom stereocenters. The van der Waals surface area contributed by atoms with Crippen LogP contribution >= 0.6 is 24.8 Å². The van der Waals surface area contributed by atoms with E-state index in [9.17, 15) is 4.79 Å². The molecular formula is C6H15BCl2O4. The summed E-state index contributed by atoms with van der Waals surface area (Å²) < 4.78 is 0. The molecule has 1 unspecified atom stereocenters. The molecule has 80 valence electrons. The topological polar surface area (TPSA) is 77.8 Å². The summed E-state index contributed by atoms with van der Waals surface area (Å²) in [5.74, 6) is -2.18. The third kappa shape index (κ3) is 8.37. The summed E-state index contributed by atoms with van der Waals surface area (Å²) in [5, 5.41) is 25.6. The predicted molar refractivity (Wildman–Crippen MR) is 55.6 cm³/mol. The molecule has 0 bridgehead atoms. The van der Waals surface area contributed by atoms with Gasteiger partial charge in [0, 0.05) is 0 Å². The molecule has 0 aliphatic carbocycles. The van der Waals surface area contributed by atoms with Gasteiger partial charge < -0.3 is 15.2 Å². The molecule has 0 aromatic carbocycles. The van der Waals surface area contributed by atoms with Gasteiger partial charge in [0.1, 0.15) is 0 Å². The van der Waals surface area contributed by atoms with E-state index in [0.717, 1.165) is 6.42 Å². The quantitative estimate of drug-likeness (QED) is 0.617. The van der Waals surface area contributed by atoms with Gasteiger partial charge in [-0.15, -0.1) is 24.8 Å². The number of aliphatic carboxylic acids is 1. The van der Waals surface area contributed by atoms with E-state index in [4.69, 9.17) is 15.2 Å². The lowest BCUT2D eigenvalue weighted by Gasteiger charge is -2.08. The fraction of sp³-hybridized carbons (Fsp3) is 0.833. The molecule has 3 N–H and O–H groups in total. The van der Waals surface area contributed by atoms with Gasteiger partial charge in [-0.25, -0.2) is 0 Å². The van der Waals surface area contributed by atoms with Crippen LogP contribution in [-0.2, 0) is 4.79 Å². The van der Waals surface area contributed by atoms with Crippen LogP contribution in [0.4, 0.5) is 0 Å². The number of hydrogen-bond acceptors (Lipinski definition) is 3. The van der Waals surface area contributed by atoms with Crippen molar-refractivity contribution in [3.8, 4) is 0 Å². The minimum atomic E-state index is -1.74. The first-order chi connectivity index (χ1) is 5.09. The summed E-state index contributed by atoms with van der Waals surface area (Å²) in [6.07, 6.45) is 1.88. The van der Waals surface area contributed by atoms with Gasteiger partial charge in [0.25, 0.3) is 0 Å². The second kappa shape index (κ2) is 10.1. The van der Waals surface area contributed by atoms with Gasteiger partial charge in [-0.2, -0.15) is 0 Å². The van der Waals surface area contributed by atoms with Gasteiger partial charge in [-0.1, -0.05) is 19.8 Å². The number of carboxylic acids is 1. The van der Waals surface area contributed by atoms with E-state index >= 15 is 0 Å². The number of rotatable bonds is 5. The van der Waals surface area contributed by atoms with E-state index in [1.807, 2.05) is 6.92 Å². The zero-order valence-electron chi connectivity index (χ0n) is 7.34. The summed E-state index contributed by atoms with van der Waals surface area (Å²) in [4.78, 5) is 10.3. The molecule has 0 aliphatic heterocycles. The average Bonchev–Trinajstić information content (AvgIpc) is 1.87. The third-order valence-electron chi connectivity index (χ3n) is 1.55. The lowest BCUT2D eigenvalue weighted by Crippen LogP contribution is -2.26. The number of carbonyl (C=O) groups is 1. The van der Waals surface area contributed by atoms with Crippen LogP contribution in [0.15, 0.2) is 0 Å². The Labute approximate surface area is 90.3 Å². The maximum absolute atomic E-state index is 10.3. The van der Waals surface area contributed by atoms with Crippen LogP contribution in [0.5, 0.6) is 0 Å². The highest BCUT2D eigenvalue weighted by Crippen LogP contribution is 2.15. The van der Waals surface area contributed by atoms with Crippen LogP contribution in [0, 0.1) is 0 Å². The van der Waals surface area contributed by atoms with Crippen molar-refractivity contribution in [1.29, 1.82) is 0 Å². The first-order valence-electron chi connectivity index (χ1n) is 3.68. The lowest BCUT2D eigenvalue weighted by atomic mass is 9.70. The molecule has 13 heavy (non-hydrogen) atoms. The van der Waals surface area contributed by atoms with Crippen LogP contribution in [0.3, 0.4) is 0 Å². The van der Waals surface area contributed by atoms with Crippen LogP contribution in [0.1, 0.15) is 26.2 Å². The van der Waals surface area contributed by atoms with Crippen LogP contribution in [-0.4, -0.2) is 28.2 Å². The van der Waals surface area contributed by atoms with Gasteiger partial charge in [-0.3, -0.25) is 4.79 Å². The standard InChI is InChI=1S/C6H13BO4.2ClH/c1-2-3-4-5(6(8)9)7(10)11;;/h5,10-11H,2-4H2,1H3,(H,8,9);2*1H. The second-order valence-corrected chi connectivity index (χ2v) is 2.50. The molecule has 0 radical (unpaired) electrons. The minimum absolute atomic E-state index is 0. The van der Waals surface area contributed by atoms with Crippen molar-refractivity contribution >= 4 is 37.9 Å². The molecule has 0 saturated carbocycles. The molecule has 0 spiro atoms. The van der Waals surface area contributed by atoms with Crippen LogP contribution in [0.25, 0.3) is 0 Å². The second-order valence-electron chi connectivity index (χ2n) is 2.50. The zero-order chi connectivity index (χ0) is 8.85. The summed E-state index contributed by atoms with van der Waals surface area (Å²) in [6, 6.07) is 0. The molecule has 0 aromatic rings. The van der Waals surface area contributed by atoms with Crippen LogP contribution < -0.4 is 0 Å². The number of halogens is 2. The summed E-state index contributed by atoms with van der Waals surface area (Å²) >= 11 is 0. The molecule has 0 heterocycles. The third-order valence-corrected chi connectivity index (χ3v) is 1.55. The molecule has 0 aliphatic rings. The van der Waals surface area contributed by atoms with Gasteiger partial charge in [-0.05, 0) is 6.42 Å². The highest BCUT2D eigenvalue weighted by molar-refractivity contribution is 6.48. The maximum Gasteiger partial charge on any atom is 0.466 e. The van der Waals surface area contributed by atoms with E-state index in [1.165, 1.54) is 0 Å². The molecule has 7 heteroatoms. The van der Waals surface area contributed by atoms with E-state index in [1.54, 1.807) is 0 Å². The van der Waals surface area contributed by atoms with E-state index in [-0.39, 0.29) is 24.8 Å². The van der Waals surface area contributed by atoms with Crippen molar-refractivity contribution in [2.45, 2.75) is 32.0 Å². The fourth-order valence-corrected chi connectivity index (χ4v) is 0.824. The van der Waals surface area contributed by atoms with Crippen molar-refractivity contribution < 1.29 is 19.9 Å². The van der Waals surface area contributed by atoms with Gasteiger partial charge in [0.05, 0.1) is 5.82 Å². The van der Waals surface area contributed by atoms with E-state index in [2.05, 4.69) is 0 Å². The van der Waals surface area contributed by atoms with Gasteiger partial charge in [0.15, 0.2) is 0 Å². The smallest absolute Gasteiger partial charge is 0.466 e. The Hall–Kier alpha value is 0.0349. The Morgan fingerprint density at radius 3 is 2.08 bits per heavy atom. The predicted octanol–water partition coefficient (Wildman–Crippen LogP) is 0.948. The Morgan fingerprint density at radius 2 is 1.85 bits per heavy atom. The summed E-state index contributed by atoms with van der Waals surface area (Å²) in [7, 11) is -1.74. The summed E-state index contributed by atoms with van der Waals surface area (Å²) in [5.41, 5.74) is 0. The average molecular weight is 233 g/mol. The lowest BCUT2D eigenvalue weighted by molar-refractivity contribution is -0.137.